The maximum Gasteiger partial charge on any atom is 0.0619 e. The van der Waals surface area contributed by atoms with Gasteiger partial charge in [-0.2, -0.15) is 0 Å². The third-order valence-corrected chi connectivity index (χ3v) is 11.1. The number of rotatable bonds is 6. The summed E-state index contributed by atoms with van der Waals surface area (Å²) in [5, 5.41) is 5.06. The maximum absolute atomic E-state index is 2.45. The lowest BCUT2D eigenvalue weighted by Crippen LogP contribution is -2.10. The molecule has 0 atom stereocenters. The number of aromatic nitrogens is 1. The zero-order chi connectivity index (χ0) is 33.7. The molecule has 2 nitrogen and oxygen atoms in total. The molecule has 0 saturated carbocycles. The Kier molecular flexibility index (Phi) is 7.04. The van der Waals surface area contributed by atoms with Gasteiger partial charge in [0, 0.05) is 53.6 Å². The first kappa shape index (κ1) is 29.5. The predicted octanol–water partition coefficient (Wildman–Crippen LogP) is 14.0. The molecule has 240 valence electrons. The number of para-hydroxylation sites is 3. The molecule has 0 aliphatic rings. The highest BCUT2D eigenvalue weighted by Crippen LogP contribution is 2.46. The van der Waals surface area contributed by atoms with Gasteiger partial charge in [-0.1, -0.05) is 133 Å². The van der Waals surface area contributed by atoms with Crippen molar-refractivity contribution in [2.24, 2.45) is 0 Å². The molecule has 8 aromatic carbocycles. The molecule has 2 aromatic heterocycles. The number of thiophene rings is 1. The largest absolute Gasteiger partial charge is 0.310 e. The van der Waals surface area contributed by atoms with E-state index >= 15 is 0 Å². The molecule has 0 saturated heterocycles. The first-order valence-corrected chi connectivity index (χ1v) is 18.2. The lowest BCUT2D eigenvalue weighted by atomic mass is 10.00. The molecule has 3 heteroatoms. The molecule has 0 radical (unpaired) electrons. The van der Waals surface area contributed by atoms with E-state index < -0.39 is 0 Å². The van der Waals surface area contributed by atoms with Crippen molar-refractivity contribution in [1.29, 1.82) is 0 Å². The summed E-state index contributed by atoms with van der Waals surface area (Å²) >= 11 is 1.86. The molecule has 0 bridgehead atoms. The van der Waals surface area contributed by atoms with Crippen molar-refractivity contribution in [2.45, 2.75) is 0 Å². The van der Waals surface area contributed by atoms with E-state index in [-0.39, 0.29) is 0 Å². The molecule has 10 aromatic rings. The van der Waals surface area contributed by atoms with Crippen molar-refractivity contribution in [2.75, 3.05) is 4.90 Å². The average molecular weight is 669 g/mol. The van der Waals surface area contributed by atoms with Crippen LogP contribution in [0.3, 0.4) is 0 Å². The molecule has 51 heavy (non-hydrogen) atoms. The van der Waals surface area contributed by atoms with Gasteiger partial charge in [-0.3, -0.25) is 0 Å². The van der Waals surface area contributed by atoms with E-state index in [0.29, 0.717) is 0 Å². The Bertz CT molecular complexity index is 2860. The number of benzene rings is 8. The highest BCUT2D eigenvalue weighted by atomic mass is 32.1. The lowest BCUT2D eigenvalue weighted by Gasteiger charge is -2.27. The van der Waals surface area contributed by atoms with E-state index in [1.54, 1.807) is 0 Å². The summed E-state index contributed by atoms with van der Waals surface area (Å²) in [6.45, 7) is 0. The van der Waals surface area contributed by atoms with Gasteiger partial charge < -0.3 is 9.47 Å². The number of anilines is 3. The standard InChI is InChI=1S/C48H32N2S/c1-3-15-33(16-4-1)34-17-11-21-37(31-34)49(44-28-14-30-46-47(44)42-24-8-10-29-45(42)51-46)38-22-12-18-35(32-38)39-25-13-26-41-40-23-7-9-27-43(40)50(48(39)41)36-19-5-2-6-20-36/h1-32H. The number of hydrogen-bond donors (Lipinski definition) is 0. The van der Waals surface area contributed by atoms with Gasteiger partial charge in [-0.05, 0) is 77.4 Å². The Labute approximate surface area is 300 Å². The Morgan fingerprint density at radius 2 is 1.00 bits per heavy atom. The van der Waals surface area contributed by atoms with Crippen LogP contribution in [0.4, 0.5) is 17.1 Å². The van der Waals surface area contributed by atoms with E-state index in [1.807, 2.05) is 11.3 Å². The Morgan fingerprint density at radius 3 is 1.82 bits per heavy atom. The second-order valence-corrected chi connectivity index (χ2v) is 14.0. The third kappa shape index (κ3) is 4.93. The predicted molar refractivity (Wildman–Crippen MR) is 219 cm³/mol. The van der Waals surface area contributed by atoms with E-state index in [4.69, 9.17) is 0 Å². The summed E-state index contributed by atoms with van der Waals surface area (Å²) in [4.78, 5) is 2.45. The van der Waals surface area contributed by atoms with Crippen molar-refractivity contribution in [3.63, 3.8) is 0 Å². The number of nitrogens with zero attached hydrogens (tertiary/aromatic N) is 2. The van der Waals surface area contributed by atoms with Crippen molar-refractivity contribution in [3.05, 3.63) is 194 Å². The quantitative estimate of drug-likeness (QED) is 0.171. The van der Waals surface area contributed by atoms with Gasteiger partial charge in [0.2, 0.25) is 0 Å². The van der Waals surface area contributed by atoms with Gasteiger partial charge in [-0.25, -0.2) is 0 Å². The van der Waals surface area contributed by atoms with Crippen molar-refractivity contribution >= 4 is 70.4 Å². The van der Waals surface area contributed by atoms with Crippen LogP contribution in [-0.4, -0.2) is 4.57 Å². The monoisotopic (exact) mass is 668 g/mol. The smallest absolute Gasteiger partial charge is 0.0619 e. The minimum absolute atomic E-state index is 1.11. The normalized spacial score (nSPS) is 11.5. The Balaban J connectivity index is 1.23. The van der Waals surface area contributed by atoms with Crippen LogP contribution in [0.25, 0.3) is 69.9 Å². The van der Waals surface area contributed by atoms with Gasteiger partial charge in [0.15, 0.2) is 0 Å². The summed E-state index contributed by atoms with van der Waals surface area (Å²) in [6.07, 6.45) is 0. The van der Waals surface area contributed by atoms with E-state index in [1.165, 1.54) is 69.9 Å². The first-order chi connectivity index (χ1) is 25.3. The summed E-state index contributed by atoms with van der Waals surface area (Å²) in [7, 11) is 0. The van der Waals surface area contributed by atoms with Crippen LogP contribution in [-0.2, 0) is 0 Å². The molecule has 0 aliphatic heterocycles. The van der Waals surface area contributed by atoms with E-state index in [0.717, 1.165) is 17.1 Å². The molecule has 0 fully saturated rings. The summed E-state index contributed by atoms with van der Waals surface area (Å²) in [5.74, 6) is 0. The first-order valence-electron chi connectivity index (χ1n) is 17.4. The Morgan fingerprint density at radius 1 is 0.412 bits per heavy atom. The van der Waals surface area contributed by atoms with Crippen LogP contribution in [0.1, 0.15) is 0 Å². The highest BCUT2D eigenvalue weighted by molar-refractivity contribution is 7.26. The SMILES string of the molecule is c1ccc(-c2cccc(N(c3cccc(-c4cccc5c6ccccc6n(-c6ccccc6)c45)c3)c3cccc4sc5ccccc5c34)c2)cc1. The fraction of sp³-hybridized carbons (Fsp3) is 0. The van der Waals surface area contributed by atoms with Crippen LogP contribution in [0.15, 0.2) is 194 Å². The molecular formula is C48H32N2S. The third-order valence-electron chi connectivity index (χ3n) is 9.96. The summed E-state index contributed by atoms with van der Waals surface area (Å²) < 4.78 is 5.00. The Hall–Kier alpha value is -6.42. The van der Waals surface area contributed by atoms with Crippen molar-refractivity contribution in [1.82, 2.24) is 4.57 Å². The van der Waals surface area contributed by atoms with Gasteiger partial charge in [0.1, 0.15) is 0 Å². The molecule has 0 amide bonds. The molecule has 0 aliphatic carbocycles. The summed E-state index contributed by atoms with van der Waals surface area (Å²) in [6, 6.07) is 70.4. The lowest BCUT2D eigenvalue weighted by molar-refractivity contribution is 1.18. The molecular weight excluding hydrogens is 637 g/mol. The van der Waals surface area contributed by atoms with Gasteiger partial charge >= 0.3 is 0 Å². The van der Waals surface area contributed by atoms with Crippen LogP contribution in [0, 0.1) is 0 Å². The maximum atomic E-state index is 2.45. The number of fused-ring (bicyclic) bond motifs is 6. The van der Waals surface area contributed by atoms with Crippen LogP contribution in [0.2, 0.25) is 0 Å². The van der Waals surface area contributed by atoms with Crippen LogP contribution >= 0.6 is 11.3 Å². The van der Waals surface area contributed by atoms with Crippen molar-refractivity contribution < 1.29 is 0 Å². The molecule has 0 unspecified atom stereocenters. The van der Waals surface area contributed by atoms with Crippen molar-refractivity contribution in [3.8, 4) is 27.9 Å². The second-order valence-electron chi connectivity index (χ2n) is 12.9. The number of hydrogen-bond acceptors (Lipinski definition) is 2. The molecule has 0 N–H and O–H groups in total. The highest BCUT2D eigenvalue weighted by Gasteiger charge is 2.21. The zero-order valence-electron chi connectivity index (χ0n) is 27.8. The van der Waals surface area contributed by atoms with Gasteiger partial charge in [0.05, 0.1) is 16.7 Å². The minimum Gasteiger partial charge on any atom is -0.310 e. The average Bonchev–Trinajstić information content (AvgIpc) is 3.76. The van der Waals surface area contributed by atoms with Crippen LogP contribution < -0.4 is 4.90 Å². The fourth-order valence-electron chi connectivity index (χ4n) is 7.73. The zero-order valence-corrected chi connectivity index (χ0v) is 28.6. The molecule has 2 heterocycles. The van der Waals surface area contributed by atoms with Crippen LogP contribution in [0.5, 0.6) is 0 Å². The fourth-order valence-corrected chi connectivity index (χ4v) is 8.86. The second kappa shape index (κ2) is 12.2. The van der Waals surface area contributed by atoms with E-state index in [2.05, 4.69) is 204 Å². The molecule has 0 spiro atoms. The minimum atomic E-state index is 1.11. The van der Waals surface area contributed by atoms with Gasteiger partial charge in [-0.15, -0.1) is 11.3 Å². The van der Waals surface area contributed by atoms with Gasteiger partial charge in [0.25, 0.3) is 0 Å². The molecule has 10 rings (SSSR count). The topological polar surface area (TPSA) is 8.17 Å². The van der Waals surface area contributed by atoms with E-state index in [9.17, 15) is 0 Å². The summed E-state index contributed by atoms with van der Waals surface area (Å²) in [5.41, 5.74) is 11.7.